The maximum absolute atomic E-state index is 11.6. The number of hydrogen-bond donors (Lipinski definition) is 1. The van der Waals surface area contributed by atoms with Gasteiger partial charge in [-0.05, 0) is 59.7 Å². The number of ether oxygens (including phenoxy) is 1. The van der Waals surface area contributed by atoms with Gasteiger partial charge >= 0.3 is 5.97 Å². The zero-order chi connectivity index (χ0) is 23.5. The van der Waals surface area contributed by atoms with Gasteiger partial charge < -0.3 is 14.6 Å². The number of carbonyl (C=O) groups excluding carboxylic acids is 1. The second-order valence-corrected chi connectivity index (χ2v) is 9.10. The van der Waals surface area contributed by atoms with Gasteiger partial charge in [-0.15, -0.1) is 11.3 Å². The van der Waals surface area contributed by atoms with Crippen LogP contribution in [0.25, 0.3) is 22.2 Å². The number of esters is 1. The molecule has 0 saturated carbocycles. The summed E-state index contributed by atoms with van der Waals surface area (Å²) in [6.07, 6.45) is 0. The molecular formula is C27H23N3O3S. The van der Waals surface area contributed by atoms with E-state index in [9.17, 15) is 4.79 Å². The molecule has 2 aromatic heterocycles. The van der Waals surface area contributed by atoms with Crippen LogP contribution in [0.3, 0.4) is 0 Å². The second-order valence-electron chi connectivity index (χ2n) is 7.93. The van der Waals surface area contributed by atoms with E-state index in [-0.39, 0.29) is 11.9 Å². The number of hydrogen-bond acceptors (Lipinski definition) is 7. The van der Waals surface area contributed by atoms with E-state index in [0.29, 0.717) is 23.1 Å². The fourth-order valence-electron chi connectivity index (χ4n) is 3.90. The lowest BCUT2D eigenvalue weighted by atomic mass is 9.95. The van der Waals surface area contributed by atoms with Crippen LogP contribution in [-0.4, -0.2) is 23.2 Å². The Morgan fingerprint density at radius 3 is 2.65 bits per heavy atom. The third kappa shape index (κ3) is 4.43. The van der Waals surface area contributed by atoms with Crippen molar-refractivity contribution >= 4 is 33.8 Å². The predicted molar refractivity (Wildman–Crippen MR) is 134 cm³/mol. The number of rotatable bonds is 7. The highest BCUT2D eigenvalue weighted by Gasteiger charge is 2.19. The topological polar surface area (TPSA) is 77.2 Å². The van der Waals surface area contributed by atoms with E-state index in [1.807, 2.05) is 42.5 Å². The van der Waals surface area contributed by atoms with Gasteiger partial charge in [0.15, 0.2) is 0 Å². The van der Waals surface area contributed by atoms with Crippen molar-refractivity contribution in [2.24, 2.45) is 0 Å². The van der Waals surface area contributed by atoms with Crippen molar-refractivity contribution in [1.29, 1.82) is 0 Å². The number of benzene rings is 3. The first-order chi connectivity index (χ1) is 16.6. The highest BCUT2D eigenvalue weighted by Crippen LogP contribution is 2.31. The van der Waals surface area contributed by atoms with Gasteiger partial charge in [0.25, 0.3) is 0 Å². The maximum atomic E-state index is 11.6. The summed E-state index contributed by atoms with van der Waals surface area (Å²) >= 11 is 1.42. The summed E-state index contributed by atoms with van der Waals surface area (Å²) in [6, 6.07) is 26.2. The van der Waals surface area contributed by atoms with Crippen molar-refractivity contribution in [3.8, 4) is 11.4 Å². The summed E-state index contributed by atoms with van der Waals surface area (Å²) < 4.78 is 10.4. The molecule has 0 radical (unpaired) electrons. The van der Waals surface area contributed by atoms with Crippen molar-refractivity contribution in [2.45, 2.75) is 19.4 Å². The molecule has 0 aliphatic heterocycles. The third-order valence-electron chi connectivity index (χ3n) is 5.76. The number of anilines is 1. The lowest BCUT2D eigenvalue weighted by Gasteiger charge is -2.10. The van der Waals surface area contributed by atoms with Crippen LogP contribution >= 0.6 is 11.3 Å². The molecule has 6 nitrogen and oxygen atoms in total. The van der Waals surface area contributed by atoms with Gasteiger partial charge in [-0.3, -0.25) is 0 Å². The van der Waals surface area contributed by atoms with Crippen LogP contribution in [0.15, 0.2) is 83.4 Å². The zero-order valence-corrected chi connectivity index (χ0v) is 19.6. The molecule has 5 rings (SSSR count). The van der Waals surface area contributed by atoms with Crippen LogP contribution in [0.5, 0.6) is 0 Å². The Labute approximate surface area is 201 Å². The average Bonchev–Trinajstić information content (AvgIpc) is 3.57. The Balaban J connectivity index is 1.28. The van der Waals surface area contributed by atoms with Crippen molar-refractivity contribution in [3.05, 3.63) is 100 Å². The molecular weight excluding hydrogens is 446 g/mol. The van der Waals surface area contributed by atoms with Crippen molar-refractivity contribution in [2.75, 3.05) is 12.4 Å². The van der Waals surface area contributed by atoms with Gasteiger partial charge in [-0.25, -0.2) is 4.79 Å². The Kier molecular flexibility index (Phi) is 6.10. The van der Waals surface area contributed by atoms with E-state index in [1.165, 1.54) is 29.2 Å². The number of nitrogens with zero attached hydrogens (tertiary/aromatic N) is 2. The molecule has 1 atom stereocenters. The summed E-state index contributed by atoms with van der Waals surface area (Å²) in [4.78, 5) is 17.9. The van der Waals surface area contributed by atoms with Gasteiger partial charge in [0.2, 0.25) is 11.7 Å². The first-order valence-corrected chi connectivity index (χ1v) is 11.8. The third-order valence-corrected chi connectivity index (χ3v) is 6.83. The Bertz CT molecular complexity index is 1430. The van der Waals surface area contributed by atoms with Gasteiger partial charge in [0.1, 0.15) is 4.88 Å². The summed E-state index contributed by atoms with van der Waals surface area (Å²) in [6.45, 7) is 2.71. The van der Waals surface area contributed by atoms with Crippen LogP contribution in [-0.2, 0) is 11.3 Å². The summed E-state index contributed by atoms with van der Waals surface area (Å²) in [5, 5.41) is 9.97. The van der Waals surface area contributed by atoms with Crippen molar-refractivity contribution < 1.29 is 14.1 Å². The molecule has 0 fully saturated rings. The van der Waals surface area contributed by atoms with Crippen LogP contribution in [0, 0.1) is 0 Å². The van der Waals surface area contributed by atoms with E-state index >= 15 is 0 Å². The first kappa shape index (κ1) is 21.9. The van der Waals surface area contributed by atoms with Gasteiger partial charge in [-0.2, -0.15) is 4.98 Å². The Morgan fingerprint density at radius 1 is 1.03 bits per heavy atom. The summed E-state index contributed by atoms with van der Waals surface area (Å²) in [5.74, 6) is 0.825. The van der Waals surface area contributed by atoms with E-state index in [2.05, 4.69) is 52.7 Å². The minimum Gasteiger partial charge on any atom is -0.465 e. The molecule has 170 valence electrons. The number of aromatic nitrogens is 2. The average molecular weight is 470 g/mol. The predicted octanol–water partition coefficient (Wildman–Crippen LogP) is 6.50. The molecule has 1 N–H and O–H groups in total. The highest BCUT2D eigenvalue weighted by molar-refractivity contribution is 7.13. The maximum Gasteiger partial charge on any atom is 0.348 e. The van der Waals surface area contributed by atoms with Crippen LogP contribution in [0.2, 0.25) is 0 Å². The van der Waals surface area contributed by atoms with Crippen LogP contribution < -0.4 is 5.32 Å². The molecule has 0 aliphatic rings. The Hall–Kier alpha value is -3.97. The minimum absolute atomic E-state index is 0.0195. The molecule has 0 saturated heterocycles. The smallest absolute Gasteiger partial charge is 0.348 e. The number of thiophene rings is 1. The molecule has 34 heavy (non-hydrogen) atoms. The largest absolute Gasteiger partial charge is 0.465 e. The van der Waals surface area contributed by atoms with Gasteiger partial charge in [0.05, 0.1) is 13.0 Å². The number of methoxy groups -OCH3 is 1. The second kappa shape index (κ2) is 9.49. The van der Waals surface area contributed by atoms with Gasteiger partial charge in [0, 0.05) is 22.7 Å². The summed E-state index contributed by atoms with van der Waals surface area (Å²) in [7, 11) is 1.39. The SMILES string of the molecule is COC(=O)c1ccc(CNc2ccc(-c3noc(C(C)c4cccc5ccccc45)n3)cc2)s1. The monoisotopic (exact) mass is 469 g/mol. The first-order valence-electron chi connectivity index (χ1n) is 10.9. The normalized spacial score (nSPS) is 11.9. The zero-order valence-electron chi connectivity index (χ0n) is 18.8. The van der Waals surface area contributed by atoms with Crippen LogP contribution in [0.1, 0.15) is 38.8 Å². The fourth-order valence-corrected chi connectivity index (χ4v) is 4.76. The molecule has 0 aliphatic carbocycles. The molecule has 5 aromatic rings. The molecule has 3 aromatic carbocycles. The van der Waals surface area contributed by atoms with Gasteiger partial charge in [-0.1, -0.05) is 47.6 Å². The van der Waals surface area contributed by atoms with E-state index in [0.717, 1.165) is 21.7 Å². The number of fused-ring (bicyclic) bond motifs is 1. The standard InChI is InChI=1S/C27H23N3O3S/c1-17(22-9-5-7-18-6-3-4-8-23(18)22)26-29-25(30-33-26)19-10-12-20(13-11-19)28-16-21-14-15-24(34-21)27(31)32-2/h3-15,17,28H,16H2,1-2H3. The van der Waals surface area contributed by atoms with E-state index in [1.54, 1.807) is 6.07 Å². The number of carbonyl (C=O) groups is 1. The van der Waals surface area contributed by atoms with Crippen LogP contribution in [0.4, 0.5) is 5.69 Å². The molecule has 7 heteroatoms. The molecule has 1 unspecified atom stereocenters. The van der Waals surface area contributed by atoms with E-state index < -0.39 is 0 Å². The molecule has 0 amide bonds. The highest BCUT2D eigenvalue weighted by atomic mass is 32.1. The fraction of sp³-hybridized carbons (Fsp3) is 0.148. The number of nitrogens with one attached hydrogen (secondary N) is 1. The van der Waals surface area contributed by atoms with Crippen molar-refractivity contribution in [1.82, 2.24) is 10.1 Å². The quantitative estimate of drug-likeness (QED) is 0.274. The lowest BCUT2D eigenvalue weighted by Crippen LogP contribution is -1.98. The minimum atomic E-state index is -0.310. The van der Waals surface area contributed by atoms with Crippen molar-refractivity contribution in [3.63, 3.8) is 0 Å². The molecule has 0 spiro atoms. The Morgan fingerprint density at radius 2 is 1.82 bits per heavy atom. The summed E-state index contributed by atoms with van der Waals surface area (Å²) in [5.41, 5.74) is 3.01. The molecule has 2 heterocycles. The van der Waals surface area contributed by atoms with E-state index in [4.69, 9.17) is 9.26 Å². The lowest BCUT2D eigenvalue weighted by molar-refractivity contribution is 0.0606. The molecule has 0 bridgehead atoms.